The third kappa shape index (κ3) is 3.72. The van der Waals surface area contributed by atoms with Gasteiger partial charge < -0.3 is 9.80 Å². The maximum Gasteiger partial charge on any atom is 0.255 e. The number of benzene rings is 1. The van der Waals surface area contributed by atoms with Crippen molar-refractivity contribution in [1.29, 1.82) is 0 Å². The van der Waals surface area contributed by atoms with Gasteiger partial charge in [0.15, 0.2) is 0 Å². The molecule has 0 spiro atoms. The molecule has 1 aliphatic heterocycles. The van der Waals surface area contributed by atoms with E-state index in [0.29, 0.717) is 15.6 Å². The summed E-state index contributed by atoms with van der Waals surface area (Å²) < 4.78 is 0. The van der Waals surface area contributed by atoms with Crippen molar-refractivity contribution in [1.82, 2.24) is 14.8 Å². The number of halogens is 2. The van der Waals surface area contributed by atoms with Crippen LogP contribution in [0, 0.1) is 0 Å². The molecule has 0 saturated carbocycles. The SMILES string of the molecule is CCN1CCN(C(=O)c2cncc(-c3ccc(Cl)c(Cl)c3)c2)CC1. The van der Waals surface area contributed by atoms with Crippen LogP contribution in [-0.4, -0.2) is 53.4 Å². The van der Waals surface area contributed by atoms with Crippen LogP contribution in [0.2, 0.25) is 10.0 Å². The van der Waals surface area contributed by atoms with Gasteiger partial charge in [0.05, 0.1) is 15.6 Å². The Kier molecular flexibility index (Phi) is 5.39. The lowest BCUT2D eigenvalue weighted by Gasteiger charge is -2.34. The molecule has 1 fully saturated rings. The number of rotatable bonds is 3. The lowest BCUT2D eigenvalue weighted by Crippen LogP contribution is -2.48. The van der Waals surface area contributed by atoms with Crippen LogP contribution in [0.3, 0.4) is 0 Å². The molecule has 0 bridgehead atoms. The molecule has 1 aromatic heterocycles. The van der Waals surface area contributed by atoms with Crippen molar-refractivity contribution in [2.24, 2.45) is 0 Å². The predicted octanol–water partition coefficient (Wildman–Crippen LogP) is 3.83. The maximum absolute atomic E-state index is 12.7. The smallest absolute Gasteiger partial charge is 0.255 e. The maximum atomic E-state index is 12.7. The molecule has 0 radical (unpaired) electrons. The van der Waals surface area contributed by atoms with Crippen LogP contribution in [0.15, 0.2) is 36.7 Å². The number of carbonyl (C=O) groups is 1. The standard InChI is InChI=1S/C18H19Cl2N3O/c1-2-22-5-7-23(8-6-22)18(24)15-9-14(11-21-12-15)13-3-4-16(19)17(20)10-13/h3-4,9-12H,2,5-8H2,1H3. The lowest BCUT2D eigenvalue weighted by atomic mass is 10.1. The van der Waals surface area contributed by atoms with E-state index in [4.69, 9.17) is 23.2 Å². The zero-order valence-electron chi connectivity index (χ0n) is 13.5. The Morgan fingerprint density at radius 2 is 1.79 bits per heavy atom. The van der Waals surface area contributed by atoms with Gasteiger partial charge in [-0.1, -0.05) is 36.2 Å². The zero-order chi connectivity index (χ0) is 17.1. The molecule has 2 heterocycles. The second kappa shape index (κ2) is 7.51. The fourth-order valence-corrected chi connectivity index (χ4v) is 3.14. The normalized spacial score (nSPS) is 15.5. The molecule has 0 unspecified atom stereocenters. The summed E-state index contributed by atoms with van der Waals surface area (Å²) in [5.74, 6) is 0.0279. The average molecular weight is 364 g/mol. The second-order valence-electron chi connectivity index (χ2n) is 5.82. The van der Waals surface area contributed by atoms with Gasteiger partial charge in [-0.2, -0.15) is 0 Å². The predicted molar refractivity (Wildman–Crippen MR) is 97.7 cm³/mol. The molecule has 2 aromatic rings. The Balaban J connectivity index is 1.80. The number of pyridine rings is 1. The number of likely N-dealkylation sites (N-methyl/N-ethyl adjacent to an activating group) is 1. The molecule has 6 heteroatoms. The Bertz CT molecular complexity index is 743. The zero-order valence-corrected chi connectivity index (χ0v) is 15.0. The van der Waals surface area contributed by atoms with Crippen LogP contribution < -0.4 is 0 Å². The first-order valence-electron chi connectivity index (χ1n) is 8.00. The van der Waals surface area contributed by atoms with Crippen molar-refractivity contribution in [3.8, 4) is 11.1 Å². The number of carbonyl (C=O) groups excluding carboxylic acids is 1. The summed E-state index contributed by atoms with van der Waals surface area (Å²) in [4.78, 5) is 21.2. The monoisotopic (exact) mass is 363 g/mol. The summed E-state index contributed by atoms with van der Waals surface area (Å²) in [7, 11) is 0. The summed E-state index contributed by atoms with van der Waals surface area (Å²) >= 11 is 12.0. The Morgan fingerprint density at radius 3 is 2.46 bits per heavy atom. The molecule has 24 heavy (non-hydrogen) atoms. The van der Waals surface area contributed by atoms with Crippen molar-refractivity contribution < 1.29 is 4.79 Å². The summed E-state index contributed by atoms with van der Waals surface area (Å²) in [6.45, 7) is 6.51. The molecule has 126 valence electrons. The van der Waals surface area contributed by atoms with E-state index in [9.17, 15) is 4.79 Å². The summed E-state index contributed by atoms with van der Waals surface area (Å²) in [6, 6.07) is 7.27. The van der Waals surface area contributed by atoms with Gasteiger partial charge in [-0.3, -0.25) is 9.78 Å². The molecular formula is C18H19Cl2N3O. The van der Waals surface area contributed by atoms with E-state index < -0.39 is 0 Å². The van der Waals surface area contributed by atoms with Crippen molar-refractivity contribution in [2.45, 2.75) is 6.92 Å². The first kappa shape index (κ1) is 17.2. The highest BCUT2D eigenvalue weighted by atomic mass is 35.5. The van der Waals surface area contributed by atoms with E-state index in [1.54, 1.807) is 24.5 Å². The lowest BCUT2D eigenvalue weighted by molar-refractivity contribution is 0.0643. The van der Waals surface area contributed by atoms with Gasteiger partial charge in [0.1, 0.15) is 0 Å². The second-order valence-corrected chi connectivity index (χ2v) is 6.63. The quantitative estimate of drug-likeness (QED) is 0.831. The minimum Gasteiger partial charge on any atom is -0.336 e. The molecule has 0 N–H and O–H groups in total. The van der Waals surface area contributed by atoms with Crippen molar-refractivity contribution >= 4 is 29.1 Å². The number of hydrogen-bond acceptors (Lipinski definition) is 3. The van der Waals surface area contributed by atoms with E-state index in [1.165, 1.54) is 0 Å². The topological polar surface area (TPSA) is 36.4 Å². The van der Waals surface area contributed by atoms with E-state index in [1.807, 2.05) is 17.0 Å². The van der Waals surface area contributed by atoms with Crippen molar-refractivity contribution in [2.75, 3.05) is 32.7 Å². The van der Waals surface area contributed by atoms with Gasteiger partial charge >= 0.3 is 0 Å². The summed E-state index contributed by atoms with van der Waals surface area (Å²) in [5, 5.41) is 0.996. The molecule has 1 aliphatic rings. The minimum atomic E-state index is 0.0279. The Morgan fingerprint density at radius 1 is 1.04 bits per heavy atom. The van der Waals surface area contributed by atoms with Crippen LogP contribution in [0.5, 0.6) is 0 Å². The van der Waals surface area contributed by atoms with Crippen LogP contribution in [0.4, 0.5) is 0 Å². The summed E-state index contributed by atoms with van der Waals surface area (Å²) in [6.07, 6.45) is 3.35. The van der Waals surface area contributed by atoms with Gasteiger partial charge in [0, 0.05) is 44.1 Å². The molecule has 0 atom stereocenters. The molecule has 1 aromatic carbocycles. The number of nitrogens with zero attached hydrogens (tertiary/aromatic N) is 3. The molecule has 3 rings (SSSR count). The number of hydrogen-bond donors (Lipinski definition) is 0. The van der Waals surface area contributed by atoms with E-state index >= 15 is 0 Å². The first-order valence-corrected chi connectivity index (χ1v) is 8.76. The van der Waals surface area contributed by atoms with Crippen LogP contribution >= 0.6 is 23.2 Å². The highest BCUT2D eigenvalue weighted by molar-refractivity contribution is 6.42. The molecular weight excluding hydrogens is 345 g/mol. The van der Waals surface area contributed by atoms with Gasteiger partial charge in [0.2, 0.25) is 0 Å². The van der Waals surface area contributed by atoms with Gasteiger partial charge in [0.25, 0.3) is 5.91 Å². The minimum absolute atomic E-state index is 0.0279. The molecule has 1 saturated heterocycles. The Labute approximate surface area is 152 Å². The van der Waals surface area contributed by atoms with Crippen LogP contribution in [0.1, 0.15) is 17.3 Å². The van der Waals surface area contributed by atoms with Crippen LogP contribution in [0.25, 0.3) is 11.1 Å². The third-order valence-electron chi connectivity index (χ3n) is 4.34. The molecule has 4 nitrogen and oxygen atoms in total. The number of aromatic nitrogens is 1. The highest BCUT2D eigenvalue weighted by Crippen LogP contribution is 2.28. The van der Waals surface area contributed by atoms with Gasteiger partial charge in [-0.25, -0.2) is 0 Å². The number of amides is 1. The van der Waals surface area contributed by atoms with Crippen LogP contribution in [-0.2, 0) is 0 Å². The van der Waals surface area contributed by atoms with E-state index in [0.717, 1.165) is 43.9 Å². The average Bonchev–Trinajstić information content (AvgIpc) is 2.63. The number of piperazine rings is 1. The largest absolute Gasteiger partial charge is 0.336 e. The van der Waals surface area contributed by atoms with Crippen molar-refractivity contribution in [3.63, 3.8) is 0 Å². The summed E-state index contributed by atoms with van der Waals surface area (Å²) in [5.41, 5.74) is 2.34. The molecule has 1 amide bonds. The highest BCUT2D eigenvalue weighted by Gasteiger charge is 2.21. The van der Waals surface area contributed by atoms with Gasteiger partial charge in [-0.05, 0) is 30.3 Å². The third-order valence-corrected chi connectivity index (χ3v) is 5.08. The Hall–Kier alpha value is -1.62. The van der Waals surface area contributed by atoms with E-state index in [-0.39, 0.29) is 5.91 Å². The first-order chi connectivity index (χ1) is 11.6. The molecule has 0 aliphatic carbocycles. The fraction of sp³-hybridized carbons (Fsp3) is 0.333. The van der Waals surface area contributed by atoms with Crippen molar-refractivity contribution in [3.05, 3.63) is 52.3 Å². The van der Waals surface area contributed by atoms with E-state index in [2.05, 4.69) is 16.8 Å². The fourth-order valence-electron chi connectivity index (χ4n) is 2.84. The van der Waals surface area contributed by atoms with Gasteiger partial charge in [-0.15, -0.1) is 0 Å².